The van der Waals surface area contributed by atoms with Crippen molar-refractivity contribution in [2.75, 3.05) is 0 Å². The van der Waals surface area contributed by atoms with Crippen molar-refractivity contribution >= 4 is 21.6 Å². The molecule has 78 valence electrons. The van der Waals surface area contributed by atoms with Gasteiger partial charge in [-0.3, -0.25) is 0 Å². The second-order valence-electron chi connectivity index (χ2n) is 2.98. The van der Waals surface area contributed by atoms with Crippen LogP contribution in [0.25, 0.3) is 11.1 Å². The Hall–Kier alpha value is -1.24. The van der Waals surface area contributed by atoms with Crippen LogP contribution < -0.4 is 5.14 Å². The highest BCUT2D eigenvalue weighted by molar-refractivity contribution is 7.89. The van der Waals surface area contributed by atoms with Crippen molar-refractivity contribution in [3.8, 4) is 11.1 Å². The van der Waals surface area contributed by atoms with Gasteiger partial charge in [0, 0.05) is 17.1 Å². The van der Waals surface area contributed by atoms with Crippen molar-refractivity contribution in [3.05, 3.63) is 35.8 Å². The Morgan fingerprint density at radius 1 is 1.13 bits per heavy atom. The highest BCUT2D eigenvalue weighted by Gasteiger charge is 2.07. The molecule has 2 N–H and O–H groups in total. The molecule has 0 saturated carbocycles. The molecule has 0 bridgehead atoms. The second-order valence-corrected chi connectivity index (χ2v) is 5.20. The molecule has 15 heavy (non-hydrogen) atoms. The molecule has 0 radical (unpaired) electrons. The Morgan fingerprint density at radius 2 is 1.80 bits per heavy atom. The van der Waals surface area contributed by atoms with Crippen molar-refractivity contribution in [2.24, 2.45) is 5.14 Å². The first-order valence-electron chi connectivity index (χ1n) is 4.10. The lowest BCUT2D eigenvalue weighted by Crippen LogP contribution is -2.11. The van der Waals surface area contributed by atoms with E-state index in [1.807, 2.05) is 5.38 Å². The summed E-state index contributed by atoms with van der Waals surface area (Å²) in [5.41, 5.74) is 1.90. The molecule has 0 unspecified atom stereocenters. The third-order valence-corrected chi connectivity index (χ3v) is 3.46. The van der Waals surface area contributed by atoms with Crippen LogP contribution in [0.4, 0.5) is 0 Å². The highest BCUT2D eigenvalue weighted by Crippen LogP contribution is 2.21. The van der Waals surface area contributed by atoms with Crippen LogP contribution >= 0.6 is 11.5 Å². The zero-order valence-corrected chi connectivity index (χ0v) is 9.25. The van der Waals surface area contributed by atoms with Gasteiger partial charge in [0.2, 0.25) is 10.0 Å². The quantitative estimate of drug-likeness (QED) is 0.863. The number of primary sulfonamides is 1. The van der Waals surface area contributed by atoms with Crippen LogP contribution in [0.5, 0.6) is 0 Å². The smallest absolute Gasteiger partial charge is 0.225 e. The van der Waals surface area contributed by atoms with E-state index in [4.69, 9.17) is 5.14 Å². The van der Waals surface area contributed by atoms with Crippen LogP contribution in [0.3, 0.4) is 0 Å². The standard InChI is InChI=1S/C9H8N2O2S2/c10-15(12,13)9-3-1-7(2-4-9)8-5-11-14-6-8/h1-6H,(H2,10,12,13). The van der Waals surface area contributed by atoms with Gasteiger partial charge in [0.1, 0.15) is 0 Å². The van der Waals surface area contributed by atoms with E-state index in [0.717, 1.165) is 11.1 Å². The van der Waals surface area contributed by atoms with Crippen molar-refractivity contribution < 1.29 is 8.42 Å². The van der Waals surface area contributed by atoms with Crippen LogP contribution in [-0.4, -0.2) is 12.8 Å². The van der Waals surface area contributed by atoms with Crippen LogP contribution in [0.2, 0.25) is 0 Å². The van der Waals surface area contributed by atoms with Gasteiger partial charge in [-0.2, -0.15) is 0 Å². The predicted octanol–water partition coefficient (Wildman–Crippen LogP) is 1.46. The van der Waals surface area contributed by atoms with E-state index in [2.05, 4.69) is 4.37 Å². The van der Waals surface area contributed by atoms with Crippen LogP contribution in [-0.2, 0) is 10.0 Å². The number of benzene rings is 1. The number of nitrogens with two attached hydrogens (primary N) is 1. The Kier molecular flexibility index (Phi) is 2.56. The van der Waals surface area contributed by atoms with E-state index < -0.39 is 10.0 Å². The molecule has 0 amide bonds. The minimum Gasteiger partial charge on any atom is -0.225 e. The molecule has 0 aliphatic heterocycles. The van der Waals surface area contributed by atoms with E-state index in [-0.39, 0.29) is 4.90 Å². The fraction of sp³-hybridized carbons (Fsp3) is 0. The molecule has 0 aliphatic rings. The molecule has 2 rings (SSSR count). The SMILES string of the molecule is NS(=O)(=O)c1ccc(-c2cnsc2)cc1. The zero-order chi connectivity index (χ0) is 10.9. The van der Waals surface area contributed by atoms with Gasteiger partial charge in [-0.15, -0.1) is 0 Å². The van der Waals surface area contributed by atoms with E-state index in [9.17, 15) is 8.42 Å². The average Bonchev–Trinajstić information content (AvgIpc) is 2.69. The summed E-state index contributed by atoms with van der Waals surface area (Å²) in [6.07, 6.45) is 1.73. The summed E-state index contributed by atoms with van der Waals surface area (Å²) >= 11 is 1.35. The van der Waals surface area contributed by atoms with Crippen molar-refractivity contribution in [1.82, 2.24) is 4.37 Å². The maximum Gasteiger partial charge on any atom is 0.238 e. The average molecular weight is 240 g/mol. The second kappa shape index (κ2) is 3.73. The maximum absolute atomic E-state index is 11.0. The van der Waals surface area contributed by atoms with Gasteiger partial charge >= 0.3 is 0 Å². The van der Waals surface area contributed by atoms with Crippen LogP contribution in [0.1, 0.15) is 0 Å². The summed E-state index contributed by atoms with van der Waals surface area (Å²) in [4.78, 5) is 0.120. The molecule has 2 aromatic rings. The summed E-state index contributed by atoms with van der Waals surface area (Å²) in [5, 5.41) is 6.88. The normalized spacial score (nSPS) is 11.5. The Morgan fingerprint density at radius 3 is 2.27 bits per heavy atom. The van der Waals surface area contributed by atoms with Gasteiger partial charge in [-0.25, -0.2) is 17.9 Å². The fourth-order valence-electron chi connectivity index (χ4n) is 1.18. The lowest BCUT2D eigenvalue weighted by molar-refractivity contribution is 0.598. The predicted molar refractivity (Wildman–Crippen MR) is 58.9 cm³/mol. The molecule has 0 saturated heterocycles. The van der Waals surface area contributed by atoms with E-state index in [1.165, 1.54) is 23.7 Å². The van der Waals surface area contributed by atoms with Crippen molar-refractivity contribution in [1.29, 1.82) is 0 Å². The number of nitrogens with zero attached hydrogens (tertiary/aromatic N) is 1. The first-order valence-corrected chi connectivity index (χ1v) is 6.48. The molecule has 0 fully saturated rings. The van der Waals surface area contributed by atoms with Gasteiger partial charge in [0.25, 0.3) is 0 Å². The minimum absolute atomic E-state index is 0.120. The molecule has 1 aromatic carbocycles. The summed E-state index contributed by atoms with van der Waals surface area (Å²) in [6, 6.07) is 6.40. The van der Waals surface area contributed by atoms with Gasteiger partial charge in [0.05, 0.1) is 4.90 Å². The topological polar surface area (TPSA) is 73.1 Å². The van der Waals surface area contributed by atoms with Crippen molar-refractivity contribution in [3.63, 3.8) is 0 Å². The lowest BCUT2D eigenvalue weighted by atomic mass is 10.1. The molecule has 0 spiro atoms. The number of hydrogen-bond acceptors (Lipinski definition) is 4. The van der Waals surface area contributed by atoms with Crippen LogP contribution in [0.15, 0.2) is 40.7 Å². The largest absolute Gasteiger partial charge is 0.238 e. The van der Waals surface area contributed by atoms with Gasteiger partial charge in [-0.05, 0) is 29.2 Å². The summed E-state index contributed by atoms with van der Waals surface area (Å²) in [5.74, 6) is 0. The van der Waals surface area contributed by atoms with Crippen molar-refractivity contribution in [2.45, 2.75) is 4.90 Å². The molecule has 6 heteroatoms. The summed E-state index contributed by atoms with van der Waals surface area (Å²) < 4.78 is 26.0. The summed E-state index contributed by atoms with van der Waals surface area (Å²) in [6.45, 7) is 0. The Bertz CT molecular complexity index is 544. The molecule has 1 aromatic heterocycles. The van der Waals surface area contributed by atoms with E-state index in [1.54, 1.807) is 18.3 Å². The molecule has 1 heterocycles. The maximum atomic E-state index is 11.0. The first kappa shape index (κ1) is 10.3. The third kappa shape index (κ3) is 2.23. The monoisotopic (exact) mass is 240 g/mol. The first-order chi connectivity index (χ1) is 7.07. The molecule has 4 nitrogen and oxygen atoms in total. The van der Waals surface area contributed by atoms with Gasteiger partial charge < -0.3 is 0 Å². The number of sulfonamides is 1. The minimum atomic E-state index is -3.60. The fourth-order valence-corrected chi connectivity index (χ4v) is 2.25. The third-order valence-electron chi connectivity index (χ3n) is 1.95. The van der Waals surface area contributed by atoms with Gasteiger partial charge in [0.15, 0.2) is 0 Å². The Labute approximate surface area is 91.6 Å². The van der Waals surface area contributed by atoms with E-state index in [0.29, 0.717) is 0 Å². The van der Waals surface area contributed by atoms with Gasteiger partial charge in [-0.1, -0.05) is 12.1 Å². The number of aromatic nitrogens is 1. The molecule has 0 aliphatic carbocycles. The number of rotatable bonds is 2. The molecule has 0 atom stereocenters. The molecular weight excluding hydrogens is 232 g/mol. The van der Waals surface area contributed by atoms with E-state index >= 15 is 0 Å². The lowest BCUT2D eigenvalue weighted by Gasteiger charge is -1.99. The highest BCUT2D eigenvalue weighted by atomic mass is 32.2. The van der Waals surface area contributed by atoms with Crippen LogP contribution in [0, 0.1) is 0 Å². The summed E-state index contributed by atoms with van der Waals surface area (Å²) in [7, 11) is -3.60. The zero-order valence-electron chi connectivity index (χ0n) is 7.62. The number of hydrogen-bond donors (Lipinski definition) is 1. The Balaban J connectivity index is 2.42. The molecular formula is C9H8N2O2S2.